The maximum Gasteiger partial charge on any atom is 0.317 e. The van der Waals surface area contributed by atoms with Crippen molar-refractivity contribution < 1.29 is 9.53 Å². The van der Waals surface area contributed by atoms with Gasteiger partial charge in [-0.15, -0.1) is 0 Å². The molecule has 1 aliphatic rings. The molecule has 1 aromatic heterocycles. The molecule has 2 aromatic rings. The van der Waals surface area contributed by atoms with Gasteiger partial charge >= 0.3 is 6.03 Å². The van der Waals surface area contributed by atoms with Crippen molar-refractivity contribution in [1.82, 2.24) is 20.0 Å². The summed E-state index contributed by atoms with van der Waals surface area (Å²) < 4.78 is 7.85. The van der Waals surface area contributed by atoms with E-state index in [1.807, 2.05) is 40.9 Å². The molecule has 1 aromatic carbocycles. The first-order valence-corrected chi connectivity index (χ1v) is 8.84. The van der Waals surface area contributed by atoms with E-state index in [4.69, 9.17) is 4.74 Å². The van der Waals surface area contributed by atoms with Gasteiger partial charge in [0.2, 0.25) is 0 Å². The van der Waals surface area contributed by atoms with Crippen molar-refractivity contribution in [2.45, 2.75) is 39.0 Å². The lowest BCUT2D eigenvalue weighted by Crippen LogP contribution is -2.52. The molecule has 0 bridgehead atoms. The summed E-state index contributed by atoms with van der Waals surface area (Å²) >= 11 is 0. The number of amides is 2. The summed E-state index contributed by atoms with van der Waals surface area (Å²) in [6, 6.07) is 10.2. The lowest BCUT2D eigenvalue weighted by atomic mass is 10.0. The molecular weight excluding hydrogens is 316 g/mol. The Kier molecular flexibility index (Phi) is 5.71. The van der Waals surface area contributed by atoms with E-state index in [1.54, 1.807) is 6.20 Å². The van der Waals surface area contributed by atoms with Crippen LogP contribution in [0.15, 0.2) is 42.7 Å². The smallest absolute Gasteiger partial charge is 0.317 e. The van der Waals surface area contributed by atoms with Crippen LogP contribution in [-0.2, 0) is 11.3 Å². The lowest BCUT2D eigenvalue weighted by molar-refractivity contribution is -0.0430. The highest BCUT2D eigenvalue weighted by Gasteiger charge is 2.30. The fraction of sp³-hybridized carbons (Fsp3) is 0.474. The summed E-state index contributed by atoms with van der Waals surface area (Å²) in [6.07, 6.45) is 4.48. The number of carbonyl (C=O) groups excluding carboxylic acids is 1. The minimum absolute atomic E-state index is 0.0187. The molecule has 3 rings (SSSR count). The monoisotopic (exact) mass is 342 g/mol. The molecule has 1 saturated heterocycles. The minimum atomic E-state index is -0.0628. The maximum absolute atomic E-state index is 12.6. The number of aromatic nitrogens is 2. The fourth-order valence-electron chi connectivity index (χ4n) is 3.15. The second-order valence-electron chi connectivity index (χ2n) is 6.53. The number of hydrogen-bond acceptors (Lipinski definition) is 3. The first-order valence-electron chi connectivity index (χ1n) is 8.84. The van der Waals surface area contributed by atoms with Crippen LogP contribution in [0.5, 0.6) is 0 Å². The third-order valence-electron chi connectivity index (χ3n) is 4.63. The number of nitrogens with one attached hydrogen (secondary N) is 1. The van der Waals surface area contributed by atoms with Crippen molar-refractivity contribution in [1.29, 1.82) is 0 Å². The average molecular weight is 342 g/mol. The van der Waals surface area contributed by atoms with Crippen LogP contribution < -0.4 is 5.32 Å². The van der Waals surface area contributed by atoms with E-state index < -0.39 is 0 Å². The number of benzene rings is 1. The van der Waals surface area contributed by atoms with E-state index in [-0.39, 0.29) is 18.2 Å². The summed E-state index contributed by atoms with van der Waals surface area (Å²) in [5.41, 5.74) is 2.35. The number of hydrogen-bond donors (Lipinski definition) is 1. The van der Waals surface area contributed by atoms with Crippen molar-refractivity contribution in [3.63, 3.8) is 0 Å². The third kappa shape index (κ3) is 4.39. The van der Waals surface area contributed by atoms with Gasteiger partial charge in [-0.3, -0.25) is 4.68 Å². The van der Waals surface area contributed by atoms with Gasteiger partial charge in [-0.1, -0.05) is 24.3 Å². The predicted octanol–water partition coefficient (Wildman–Crippen LogP) is 2.75. The molecule has 6 nitrogen and oxygen atoms in total. The number of aryl methyl sites for hydroxylation is 2. The molecule has 0 unspecified atom stereocenters. The zero-order valence-electron chi connectivity index (χ0n) is 14.9. The Morgan fingerprint density at radius 2 is 2.20 bits per heavy atom. The van der Waals surface area contributed by atoms with Crippen LogP contribution in [0.25, 0.3) is 0 Å². The Morgan fingerprint density at radius 3 is 2.96 bits per heavy atom. The number of ether oxygens (including phenoxy) is 1. The van der Waals surface area contributed by atoms with Crippen molar-refractivity contribution in [3.05, 3.63) is 53.9 Å². The summed E-state index contributed by atoms with van der Waals surface area (Å²) in [5, 5.41) is 7.19. The van der Waals surface area contributed by atoms with E-state index in [9.17, 15) is 4.79 Å². The molecule has 2 heterocycles. The molecular formula is C19H26N4O2. The van der Waals surface area contributed by atoms with Crippen LogP contribution in [0.1, 0.15) is 30.6 Å². The third-order valence-corrected chi connectivity index (χ3v) is 4.63. The van der Waals surface area contributed by atoms with Crippen molar-refractivity contribution >= 4 is 6.03 Å². The minimum Gasteiger partial charge on any atom is -0.370 e. The summed E-state index contributed by atoms with van der Waals surface area (Å²) in [5.74, 6) is 0. The van der Waals surface area contributed by atoms with Crippen LogP contribution in [0, 0.1) is 6.92 Å². The van der Waals surface area contributed by atoms with Crippen LogP contribution in [0.4, 0.5) is 4.79 Å². The molecule has 1 fully saturated rings. The number of carbonyl (C=O) groups is 1. The van der Waals surface area contributed by atoms with Crippen LogP contribution in [-0.4, -0.2) is 46.4 Å². The molecule has 25 heavy (non-hydrogen) atoms. The van der Waals surface area contributed by atoms with Crippen LogP contribution in [0.2, 0.25) is 0 Å². The van der Waals surface area contributed by atoms with Gasteiger partial charge in [-0.05, 0) is 37.5 Å². The van der Waals surface area contributed by atoms with Crippen LogP contribution >= 0.6 is 0 Å². The number of nitrogens with zero attached hydrogens (tertiary/aromatic N) is 3. The summed E-state index contributed by atoms with van der Waals surface area (Å²) in [4.78, 5) is 14.5. The first kappa shape index (κ1) is 17.5. The quantitative estimate of drug-likeness (QED) is 0.850. The standard InChI is InChI=1S/C19H26N4O2/c1-15-7-3-4-8-17(15)18-13-23(16(2)14-25-18)19(24)20-9-5-11-22-12-6-10-21-22/h3-4,6-8,10,12,16,18H,5,9,11,13-14H2,1-2H3,(H,20,24)/t16-,18+/m0/s1. The molecule has 2 amide bonds. The van der Waals surface area contributed by atoms with Gasteiger partial charge in [0.05, 0.1) is 19.2 Å². The van der Waals surface area contributed by atoms with Gasteiger partial charge in [0, 0.05) is 25.5 Å². The van der Waals surface area contributed by atoms with E-state index in [1.165, 1.54) is 5.56 Å². The number of urea groups is 1. The van der Waals surface area contributed by atoms with Gasteiger partial charge in [-0.2, -0.15) is 5.10 Å². The molecule has 0 spiro atoms. The van der Waals surface area contributed by atoms with Crippen molar-refractivity contribution in [2.75, 3.05) is 19.7 Å². The molecule has 1 N–H and O–H groups in total. The largest absolute Gasteiger partial charge is 0.370 e. The Bertz CT molecular complexity index is 686. The number of morpholine rings is 1. The topological polar surface area (TPSA) is 59.4 Å². The van der Waals surface area contributed by atoms with Gasteiger partial charge in [0.25, 0.3) is 0 Å². The van der Waals surface area contributed by atoms with Gasteiger partial charge in [0.1, 0.15) is 6.10 Å². The molecule has 6 heteroatoms. The Morgan fingerprint density at radius 1 is 1.36 bits per heavy atom. The fourth-order valence-corrected chi connectivity index (χ4v) is 3.15. The van der Waals surface area contributed by atoms with Crippen LogP contribution in [0.3, 0.4) is 0 Å². The molecule has 1 aliphatic heterocycles. The highest BCUT2D eigenvalue weighted by molar-refractivity contribution is 5.74. The Labute approximate surface area is 148 Å². The molecule has 134 valence electrons. The average Bonchev–Trinajstić information content (AvgIpc) is 3.13. The van der Waals surface area contributed by atoms with Crippen molar-refractivity contribution in [2.24, 2.45) is 0 Å². The summed E-state index contributed by atoms with van der Waals surface area (Å²) in [6.45, 7) is 6.68. The second-order valence-corrected chi connectivity index (χ2v) is 6.53. The lowest BCUT2D eigenvalue weighted by Gasteiger charge is -2.38. The number of rotatable bonds is 5. The van der Waals surface area contributed by atoms with E-state index in [2.05, 4.69) is 29.5 Å². The normalized spacial score (nSPS) is 20.5. The summed E-state index contributed by atoms with van der Waals surface area (Å²) in [7, 11) is 0. The SMILES string of the molecule is Cc1ccccc1[C@H]1CN(C(=O)NCCCn2cccn2)[C@@H](C)CO1. The highest BCUT2D eigenvalue weighted by Crippen LogP contribution is 2.27. The predicted molar refractivity (Wildman–Crippen MR) is 96.3 cm³/mol. The Hall–Kier alpha value is -2.34. The van der Waals surface area contributed by atoms with E-state index in [0.29, 0.717) is 19.7 Å². The van der Waals surface area contributed by atoms with Crippen molar-refractivity contribution in [3.8, 4) is 0 Å². The first-order chi connectivity index (χ1) is 12.1. The molecule has 0 radical (unpaired) electrons. The molecule has 0 saturated carbocycles. The second kappa shape index (κ2) is 8.16. The molecule has 2 atom stereocenters. The molecule has 0 aliphatic carbocycles. The Balaban J connectivity index is 1.52. The van der Waals surface area contributed by atoms with Gasteiger partial charge < -0.3 is 15.0 Å². The van der Waals surface area contributed by atoms with E-state index in [0.717, 1.165) is 18.5 Å². The maximum atomic E-state index is 12.6. The van der Waals surface area contributed by atoms with Gasteiger partial charge in [-0.25, -0.2) is 4.79 Å². The van der Waals surface area contributed by atoms with Gasteiger partial charge in [0.15, 0.2) is 0 Å². The zero-order valence-corrected chi connectivity index (χ0v) is 14.9. The zero-order chi connectivity index (χ0) is 17.6. The van der Waals surface area contributed by atoms with E-state index >= 15 is 0 Å². The highest BCUT2D eigenvalue weighted by atomic mass is 16.5.